The van der Waals surface area contributed by atoms with Gasteiger partial charge in [-0.2, -0.15) is 0 Å². The Hall–Kier alpha value is -1.42. The maximum atomic E-state index is 11.2. The number of nitrogens with one attached hydrogen (secondary N) is 1. The lowest BCUT2D eigenvalue weighted by atomic mass is 10.0. The van der Waals surface area contributed by atoms with E-state index >= 15 is 0 Å². The number of halogens is 1. The van der Waals surface area contributed by atoms with Crippen molar-refractivity contribution in [1.29, 1.82) is 0 Å². The van der Waals surface area contributed by atoms with Gasteiger partial charge >= 0.3 is 0 Å². The SMILES string of the molecule is O=C1CCC(Cc2ccc(Br)c3cccnc23)N1. The molecule has 1 aromatic carbocycles. The van der Waals surface area contributed by atoms with Crippen molar-refractivity contribution in [3.05, 3.63) is 40.5 Å². The summed E-state index contributed by atoms with van der Waals surface area (Å²) in [5.41, 5.74) is 2.22. The normalized spacial score (nSPS) is 19.2. The van der Waals surface area contributed by atoms with Crippen LogP contribution in [0.1, 0.15) is 18.4 Å². The van der Waals surface area contributed by atoms with Crippen LogP contribution in [0.5, 0.6) is 0 Å². The van der Waals surface area contributed by atoms with E-state index in [1.807, 2.05) is 12.3 Å². The smallest absolute Gasteiger partial charge is 0.220 e. The Balaban J connectivity index is 1.97. The number of aromatic nitrogens is 1. The third kappa shape index (κ3) is 2.12. The van der Waals surface area contributed by atoms with Gasteiger partial charge in [0.25, 0.3) is 0 Å². The number of carbonyl (C=O) groups excluding carboxylic acids is 1. The average molecular weight is 305 g/mol. The van der Waals surface area contributed by atoms with Gasteiger partial charge in [0.05, 0.1) is 5.52 Å². The minimum Gasteiger partial charge on any atom is -0.353 e. The van der Waals surface area contributed by atoms with Crippen LogP contribution < -0.4 is 5.32 Å². The average Bonchev–Trinajstić information content (AvgIpc) is 2.79. The van der Waals surface area contributed by atoms with E-state index in [4.69, 9.17) is 0 Å². The minimum atomic E-state index is 0.161. The first-order valence-electron chi connectivity index (χ1n) is 6.05. The number of rotatable bonds is 2. The van der Waals surface area contributed by atoms with E-state index < -0.39 is 0 Å². The minimum absolute atomic E-state index is 0.161. The lowest BCUT2D eigenvalue weighted by molar-refractivity contribution is -0.119. The van der Waals surface area contributed by atoms with Crippen molar-refractivity contribution >= 4 is 32.7 Å². The second kappa shape index (κ2) is 4.69. The van der Waals surface area contributed by atoms with E-state index in [0.29, 0.717) is 6.42 Å². The van der Waals surface area contributed by atoms with Gasteiger partial charge in [-0.3, -0.25) is 9.78 Å². The molecule has 2 aromatic rings. The Morgan fingerprint density at radius 1 is 1.39 bits per heavy atom. The van der Waals surface area contributed by atoms with E-state index in [1.54, 1.807) is 0 Å². The summed E-state index contributed by atoms with van der Waals surface area (Å²) in [6.45, 7) is 0. The fourth-order valence-corrected chi connectivity index (χ4v) is 2.91. The molecule has 0 saturated carbocycles. The molecule has 1 fully saturated rings. The molecule has 3 nitrogen and oxygen atoms in total. The maximum absolute atomic E-state index is 11.2. The van der Waals surface area contributed by atoms with Crippen LogP contribution in [0.25, 0.3) is 10.9 Å². The molecule has 0 radical (unpaired) electrons. The number of nitrogens with zero attached hydrogens (tertiary/aromatic N) is 1. The van der Waals surface area contributed by atoms with Crippen LogP contribution in [0.2, 0.25) is 0 Å². The van der Waals surface area contributed by atoms with E-state index in [-0.39, 0.29) is 11.9 Å². The van der Waals surface area contributed by atoms with Gasteiger partial charge < -0.3 is 5.32 Å². The highest BCUT2D eigenvalue weighted by Crippen LogP contribution is 2.26. The molecule has 1 aliphatic rings. The maximum Gasteiger partial charge on any atom is 0.220 e. The van der Waals surface area contributed by atoms with Crippen LogP contribution >= 0.6 is 15.9 Å². The van der Waals surface area contributed by atoms with E-state index in [0.717, 1.165) is 28.2 Å². The first-order chi connectivity index (χ1) is 8.74. The molecule has 0 bridgehead atoms. The monoisotopic (exact) mass is 304 g/mol. The van der Waals surface area contributed by atoms with Crippen LogP contribution in [0.3, 0.4) is 0 Å². The predicted octanol–water partition coefficient (Wildman–Crippen LogP) is 2.82. The summed E-state index contributed by atoms with van der Waals surface area (Å²) in [5.74, 6) is 0.161. The Kier molecular flexibility index (Phi) is 3.04. The fraction of sp³-hybridized carbons (Fsp3) is 0.286. The van der Waals surface area contributed by atoms with Gasteiger partial charge in [0.15, 0.2) is 0 Å². The van der Waals surface area contributed by atoms with Crippen molar-refractivity contribution < 1.29 is 4.79 Å². The molecule has 1 saturated heterocycles. The third-order valence-electron chi connectivity index (χ3n) is 3.35. The van der Waals surface area contributed by atoms with Crippen molar-refractivity contribution in [2.75, 3.05) is 0 Å². The lowest BCUT2D eigenvalue weighted by Gasteiger charge is -2.12. The van der Waals surface area contributed by atoms with E-state index in [2.05, 4.69) is 44.4 Å². The molecule has 1 aliphatic heterocycles. The van der Waals surface area contributed by atoms with Crippen LogP contribution in [-0.2, 0) is 11.2 Å². The molecular weight excluding hydrogens is 292 g/mol. The topological polar surface area (TPSA) is 42.0 Å². The van der Waals surface area contributed by atoms with Gasteiger partial charge in [0.1, 0.15) is 0 Å². The zero-order valence-electron chi connectivity index (χ0n) is 9.82. The molecule has 1 aromatic heterocycles. The number of pyridine rings is 1. The van der Waals surface area contributed by atoms with Crippen LogP contribution in [0.15, 0.2) is 34.9 Å². The Labute approximate surface area is 114 Å². The summed E-state index contributed by atoms with van der Waals surface area (Å²) < 4.78 is 1.06. The van der Waals surface area contributed by atoms with Crippen molar-refractivity contribution in [1.82, 2.24) is 10.3 Å². The predicted molar refractivity (Wildman–Crippen MR) is 74.3 cm³/mol. The number of fused-ring (bicyclic) bond motifs is 1. The van der Waals surface area contributed by atoms with Gasteiger partial charge in [-0.25, -0.2) is 0 Å². The van der Waals surface area contributed by atoms with Crippen molar-refractivity contribution in [3.8, 4) is 0 Å². The van der Waals surface area contributed by atoms with Gasteiger partial charge in [-0.15, -0.1) is 0 Å². The molecule has 1 unspecified atom stereocenters. The Bertz CT molecular complexity index is 612. The van der Waals surface area contributed by atoms with Gasteiger partial charge in [0.2, 0.25) is 5.91 Å². The molecule has 0 spiro atoms. The fourth-order valence-electron chi connectivity index (χ4n) is 2.46. The molecule has 3 rings (SSSR count). The summed E-state index contributed by atoms with van der Waals surface area (Å²) >= 11 is 3.54. The number of carbonyl (C=O) groups is 1. The number of hydrogen-bond donors (Lipinski definition) is 1. The molecule has 0 aliphatic carbocycles. The van der Waals surface area contributed by atoms with Crippen molar-refractivity contribution in [2.24, 2.45) is 0 Å². The molecule has 1 N–H and O–H groups in total. The zero-order valence-corrected chi connectivity index (χ0v) is 11.4. The first kappa shape index (κ1) is 11.7. The van der Waals surface area contributed by atoms with Gasteiger partial charge in [-0.05, 0) is 30.5 Å². The van der Waals surface area contributed by atoms with Gasteiger partial charge in [0, 0.05) is 28.5 Å². The number of benzene rings is 1. The highest BCUT2D eigenvalue weighted by Gasteiger charge is 2.21. The van der Waals surface area contributed by atoms with Crippen LogP contribution in [-0.4, -0.2) is 16.9 Å². The first-order valence-corrected chi connectivity index (χ1v) is 6.85. The summed E-state index contributed by atoms with van der Waals surface area (Å²) in [5, 5.41) is 4.13. The number of hydrogen-bond acceptors (Lipinski definition) is 2. The Morgan fingerprint density at radius 3 is 3.06 bits per heavy atom. The molecule has 2 heterocycles. The van der Waals surface area contributed by atoms with Gasteiger partial charge in [-0.1, -0.05) is 28.1 Å². The molecule has 18 heavy (non-hydrogen) atoms. The van der Waals surface area contributed by atoms with Crippen LogP contribution in [0, 0.1) is 0 Å². The summed E-state index contributed by atoms with van der Waals surface area (Å²) in [7, 11) is 0. The third-order valence-corrected chi connectivity index (χ3v) is 4.04. The van der Waals surface area contributed by atoms with E-state index in [9.17, 15) is 4.79 Å². The largest absolute Gasteiger partial charge is 0.353 e. The van der Waals surface area contributed by atoms with Crippen LogP contribution in [0.4, 0.5) is 0 Å². The molecule has 1 amide bonds. The second-order valence-electron chi connectivity index (χ2n) is 4.61. The standard InChI is InChI=1S/C14H13BrN2O/c15-12-5-3-9(8-10-4-6-13(18)17-10)14-11(12)2-1-7-16-14/h1-3,5,7,10H,4,6,8H2,(H,17,18). The summed E-state index contributed by atoms with van der Waals surface area (Å²) in [4.78, 5) is 15.7. The highest BCUT2D eigenvalue weighted by molar-refractivity contribution is 9.10. The second-order valence-corrected chi connectivity index (χ2v) is 5.47. The summed E-state index contributed by atoms with van der Waals surface area (Å²) in [6, 6.07) is 8.39. The van der Waals surface area contributed by atoms with E-state index in [1.165, 1.54) is 5.56 Å². The quantitative estimate of drug-likeness (QED) is 0.927. The molecule has 1 atom stereocenters. The van der Waals surface area contributed by atoms with Crippen molar-refractivity contribution in [2.45, 2.75) is 25.3 Å². The lowest BCUT2D eigenvalue weighted by Crippen LogP contribution is -2.27. The molecular formula is C14H13BrN2O. The highest BCUT2D eigenvalue weighted by atomic mass is 79.9. The molecule has 4 heteroatoms. The molecule has 92 valence electrons. The zero-order chi connectivity index (χ0) is 12.5. The Morgan fingerprint density at radius 2 is 2.28 bits per heavy atom. The summed E-state index contributed by atoms with van der Waals surface area (Å²) in [6.07, 6.45) is 4.23. The number of amides is 1. The van der Waals surface area contributed by atoms with Crippen molar-refractivity contribution in [3.63, 3.8) is 0 Å².